The summed E-state index contributed by atoms with van der Waals surface area (Å²) in [7, 11) is 1.91. The van der Waals surface area contributed by atoms with Gasteiger partial charge in [-0.25, -0.2) is 4.98 Å². The van der Waals surface area contributed by atoms with Gasteiger partial charge in [0.15, 0.2) is 6.29 Å². The summed E-state index contributed by atoms with van der Waals surface area (Å²) < 4.78 is 0. The number of carbonyl (C=O) groups is 1. The molecule has 0 unspecified atom stereocenters. The first-order valence-corrected chi connectivity index (χ1v) is 5.43. The predicted molar refractivity (Wildman–Crippen MR) is 68.9 cm³/mol. The van der Waals surface area contributed by atoms with Gasteiger partial charge in [0.05, 0.1) is 5.56 Å². The topological polar surface area (TPSA) is 33.2 Å². The van der Waals surface area contributed by atoms with E-state index in [2.05, 4.69) is 4.98 Å². The fourth-order valence-corrected chi connectivity index (χ4v) is 1.84. The van der Waals surface area contributed by atoms with Gasteiger partial charge >= 0.3 is 0 Å². The molecule has 0 bridgehead atoms. The quantitative estimate of drug-likeness (QED) is 0.754. The number of carbonyl (C=O) groups excluding carboxylic acids is 1. The maximum atomic E-state index is 11.0. The molecule has 0 radical (unpaired) electrons. The van der Waals surface area contributed by atoms with Crippen molar-refractivity contribution in [2.45, 2.75) is 6.92 Å². The van der Waals surface area contributed by atoms with E-state index in [4.69, 9.17) is 0 Å². The first-order chi connectivity index (χ1) is 8.24. The molecule has 0 saturated heterocycles. The number of benzene rings is 1. The molecular weight excluding hydrogens is 212 g/mol. The minimum atomic E-state index is 0.596. The molecule has 0 aliphatic carbocycles. The zero-order valence-corrected chi connectivity index (χ0v) is 9.92. The van der Waals surface area contributed by atoms with Crippen molar-refractivity contribution in [2.24, 2.45) is 0 Å². The summed E-state index contributed by atoms with van der Waals surface area (Å²) in [6, 6.07) is 11.5. The highest BCUT2D eigenvalue weighted by Gasteiger charge is 2.11. The summed E-state index contributed by atoms with van der Waals surface area (Å²) in [5.41, 5.74) is 2.80. The molecule has 0 atom stereocenters. The average Bonchev–Trinajstić information content (AvgIpc) is 2.38. The van der Waals surface area contributed by atoms with Crippen LogP contribution in [0.4, 0.5) is 11.5 Å². The predicted octanol–water partition coefficient (Wildman–Crippen LogP) is 2.97. The maximum Gasteiger partial charge on any atom is 0.153 e. The lowest BCUT2D eigenvalue weighted by atomic mass is 10.1. The van der Waals surface area contributed by atoms with E-state index in [0.29, 0.717) is 11.4 Å². The lowest BCUT2D eigenvalue weighted by molar-refractivity contribution is 0.112. The van der Waals surface area contributed by atoms with Crippen LogP contribution >= 0.6 is 0 Å². The second-order valence-electron chi connectivity index (χ2n) is 3.88. The third-order valence-corrected chi connectivity index (χ3v) is 2.74. The van der Waals surface area contributed by atoms with Crippen LogP contribution in [0, 0.1) is 6.92 Å². The number of para-hydroxylation sites is 1. The highest BCUT2D eigenvalue weighted by Crippen LogP contribution is 2.26. The molecule has 3 nitrogen and oxygen atoms in total. The van der Waals surface area contributed by atoms with E-state index in [1.165, 1.54) is 0 Å². The van der Waals surface area contributed by atoms with Crippen molar-refractivity contribution in [3.05, 3.63) is 53.7 Å². The van der Waals surface area contributed by atoms with Gasteiger partial charge in [-0.2, -0.15) is 0 Å². The Morgan fingerprint density at radius 3 is 2.65 bits per heavy atom. The van der Waals surface area contributed by atoms with Gasteiger partial charge in [-0.05, 0) is 30.7 Å². The molecule has 0 saturated carbocycles. The second kappa shape index (κ2) is 4.78. The van der Waals surface area contributed by atoms with Gasteiger partial charge in [-0.15, -0.1) is 0 Å². The van der Waals surface area contributed by atoms with Crippen LogP contribution in [0.15, 0.2) is 42.6 Å². The van der Waals surface area contributed by atoms with Gasteiger partial charge in [0, 0.05) is 18.9 Å². The number of anilines is 2. The van der Waals surface area contributed by atoms with Crippen LogP contribution in [0.2, 0.25) is 0 Å². The summed E-state index contributed by atoms with van der Waals surface area (Å²) in [6.07, 6.45) is 2.52. The number of aryl methyl sites for hydroxylation is 1. The molecule has 0 aliphatic rings. The third-order valence-electron chi connectivity index (χ3n) is 2.74. The van der Waals surface area contributed by atoms with Crippen LogP contribution in [-0.2, 0) is 0 Å². The van der Waals surface area contributed by atoms with Crippen molar-refractivity contribution in [1.29, 1.82) is 0 Å². The Morgan fingerprint density at radius 2 is 1.94 bits per heavy atom. The van der Waals surface area contributed by atoms with Crippen molar-refractivity contribution in [1.82, 2.24) is 4.98 Å². The molecular formula is C14H14N2O. The highest BCUT2D eigenvalue weighted by atomic mass is 16.1. The summed E-state index contributed by atoms with van der Waals surface area (Å²) in [6.45, 7) is 2.04. The first-order valence-electron chi connectivity index (χ1n) is 5.43. The summed E-state index contributed by atoms with van der Waals surface area (Å²) in [5.74, 6) is 0.678. The number of aromatic nitrogens is 1. The molecule has 1 aromatic carbocycles. The standard InChI is InChI=1S/C14H14N2O/c1-11-6-3-4-8-13(11)16(2)14-12(10-17)7-5-9-15-14/h3-10H,1-2H3. The Balaban J connectivity index is 2.47. The van der Waals surface area contributed by atoms with E-state index < -0.39 is 0 Å². The molecule has 0 fully saturated rings. The van der Waals surface area contributed by atoms with E-state index in [1.807, 2.05) is 43.1 Å². The van der Waals surface area contributed by atoms with E-state index in [1.54, 1.807) is 18.3 Å². The first kappa shape index (κ1) is 11.3. The van der Waals surface area contributed by atoms with Crippen molar-refractivity contribution >= 4 is 17.8 Å². The van der Waals surface area contributed by atoms with Gasteiger partial charge in [-0.3, -0.25) is 4.79 Å². The molecule has 3 heteroatoms. The van der Waals surface area contributed by atoms with Gasteiger partial charge in [0.25, 0.3) is 0 Å². The minimum absolute atomic E-state index is 0.596. The van der Waals surface area contributed by atoms with Gasteiger partial charge < -0.3 is 4.90 Å². The minimum Gasteiger partial charge on any atom is -0.329 e. The fraction of sp³-hybridized carbons (Fsp3) is 0.143. The lowest BCUT2D eigenvalue weighted by Crippen LogP contribution is -2.14. The number of hydrogen-bond donors (Lipinski definition) is 0. The SMILES string of the molecule is Cc1ccccc1N(C)c1ncccc1C=O. The summed E-state index contributed by atoms with van der Waals surface area (Å²) >= 11 is 0. The largest absolute Gasteiger partial charge is 0.329 e. The van der Waals surface area contributed by atoms with Gasteiger partial charge in [0.2, 0.25) is 0 Å². The van der Waals surface area contributed by atoms with E-state index in [9.17, 15) is 4.79 Å². The zero-order valence-electron chi connectivity index (χ0n) is 9.92. The normalized spacial score (nSPS) is 10.0. The Labute approximate surface area is 101 Å². The molecule has 0 spiro atoms. The van der Waals surface area contributed by atoms with Crippen molar-refractivity contribution in [3.8, 4) is 0 Å². The van der Waals surface area contributed by atoms with Crippen molar-refractivity contribution in [3.63, 3.8) is 0 Å². The van der Waals surface area contributed by atoms with Crippen molar-refractivity contribution < 1.29 is 4.79 Å². The molecule has 0 N–H and O–H groups in total. The molecule has 86 valence electrons. The van der Waals surface area contributed by atoms with Crippen LogP contribution in [-0.4, -0.2) is 18.3 Å². The molecule has 2 aromatic rings. The van der Waals surface area contributed by atoms with Crippen LogP contribution < -0.4 is 4.90 Å². The van der Waals surface area contributed by atoms with E-state index >= 15 is 0 Å². The Kier molecular flexibility index (Phi) is 3.19. The maximum absolute atomic E-state index is 11.0. The van der Waals surface area contributed by atoms with E-state index in [0.717, 1.165) is 17.5 Å². The Hall–Kier alpha value is -2.16. The molecule has 0 aliphatic heterocycles. The van der Waals surface area contributed by atoms with Crippen LogP contribution in [0.1, 0.15) is 15.9 Å². The lowest BCUT2D eigenvalue weighted by Gasteiger charge is -2.21. The number of aldehydes is 1. The number of nitrogens with zero attached hydrogens (tertiary/aromatic N) is 2. The monoisotopic (exact) mass is 226 g/mol. The molecule has 1 aromatic heterocycles. The molecule has 1 heterocycles. The molecule has 17 heavy (non-hydrogen) atoms. The van der Waals surface area contributed by atoms with Crippen LogP contribution in [0.3, 0.4) is 0 Å². The average molecular weight is 226 g/mol. The fourth-order valence-electron chi connectivity index (χ4n) is 1.84. The number of pyridine rings is 1. The molecule has 0 amide bonds. The highest BCUT2D eigenvalue weighted by molar-refractivity contribution is 5.84. The van der Waals surface area contributed by atoms with Gasteiger partial charge in [-0.1, -0.05) is 18.2 Å². The number of hydrogen-bond acceptors (Lipinski definition) is 3. The summed E-state index contributed by atoms with van der Waals surface area (Å²) in [4.78, 5) is 17.2. The Morgan fingerprint density at radius 1 is 1.18 bits per heavy atom. The smallest absolute Gasteiger partial charge is 0.153 e. The van der Waals surface area contributed by atoms with E-state index in [-0.39, 0.29) is 0 Å². The van der Waals surface area contributed by atoms with Crippen molar-refractivity contribution in [2.75, 3.05) is 11.9 Å². The number of rotatable bonds is 3. The molecule has 2 rings (SSSR count). The van der Waals surface area contributed by atoms with Crippen LogP contribution in [0.5, 0.6) is 0 Å². The zero-order chi connectivity index (χ0) is 12.3. The second-order valence-corrected chi connectivity index (χ2v) is 3.88. The summed E-state index contributed by atoms with van der Waals surface area (Å²) in [5, 5.41) is 0. The Bertz CT molecular complexity index is 537. The van der Waals surface area contributed by atoms with Gasteiger partial charge in [0.1, 0.15) is 5.82 Å². The van der Waals surface area contributed by atoms with Crippen LogP contribution in [0.25, 0.3) is 0 Å². The third kappa shape index (κ3) is 2.18.